The van der Waals surface area contributed by atoms with Crippen LogP contribution in [0, 0.1) is 13.8 Å². The number of aryl methyl sites for hydroxylation is 2. The van der Waals surface area contributed by atoms with Crippen molar-refractivity contribution in [3.05, 3.63) is 65.2 Å². The number of carbonyl (C=O) groups is 1. The summed E-state index contributed by atoms with van der Waals surface area (Å²) in [5, 5.41) is 12.4. The second kappa shape index (κ2) is 8.27. The van der Waals surface area contributed by atoms with E-state index >= 15 is 0 Å². The van der Waals surface area contributed by atoms with Gasteiger partial charge in [-0.25, -0.2) is 0 Å². The van der Waals surface area contributed by atoms with Crippen LogP contribution in [0.3, 0.4) is 0 Å². The fraction of sp³-hybridized carbons (Fsp3) is 0.211. The van der Waals surface area contributed by atoms with Gasteiger partial charge in [-0.15, -0.1) is 22.0 Å². The van der Waals surface area contributed by atoms with E-state index < -0.39 is 0 Å². The zero-order chi connectivity index (χ0) is 17.6. The third-order valence-corrected chi connectivity index (χ3v) is 5.45. The molecule has 0 saturated carbocycles. The van der Waals surface area contributed by atoms with Crippen molar-refractivity contribution >= 4 is 34.1 Å². The van der Waals surface area contributed by atoms with Crippen LogP contribution in [0.5, 0.6) is 0 Å². The smallest absolute Gasteiger partial charge is 0.236 e. The fourth-order valence-corrected chi connectivity index (χ4v) is 3.85. The first-order valence-corrected chi connectivity index (χ1v) is 9.91. The Labute approximate surface area is 155 Å². The molecule has 128 valence electrons. The van der Waals surface area contributed by atoms with Crippen molar-refractivity contribution in [1.29, 1.82) is 0 Å². The lowest BCUT2D eigenvalue weighted by Crippen LogP contribution is -2.14. The van der Waals surface area contributed by atoms with Gasteiger partial charge in [-0.05, 0) is 19.4 Å². The van der Waals surface area contributed by atoms with Crippen LogP contribution in [0.1, 0.15) is 16.7 Å². The molecule has 0 radical (unpaired) electrons. The van der Waals surface area contributed by atoms with Gasteiger partial charge in [0, 0.05) is 11.3 Å². The first-order chi connectivity index (χ1) is 12.1. The van der Waals surface area contributed by atoms with Gasteiger partial charge in [-0.1, -0.05) is 71.0 Å². The van der Waals surface area contributed by atoms with E-state index in [9.17, 15) is 4.79 Å². The second-order valence-electron chi connectivity index (χ2n) is 5.81. The van der Waals surface area contributed by atoms with E-state index in [1.807, 2.05) is 37.3 Å². The molecule has 0 aliphatic carbocycles. The van der Waals surface area contributed by atoms with Gasteiger partial charge in [-0.2, -0.15) is 0 Å². The Balaban J connectivity index is 1.50. The number of hydrogen-bond donors (Lipinski definition) is 1. The molecule has 25 heavy (non-hydrogen) atoms. The van der Waals surface area contributed by atoms with Crippen LogP contribution in [0.25, 0.3) is 10.6 Å². The number of aromatic nitrogens is 2. The molecule has 3 rings (SSSR count). The van der Waals surface area contributed by atoms with Crippen molar-refractivity contribution in [3.8, 4) is 10.6 Å². The zero-order valence-corrected chi connectivity index (χ0v) is 15.8. The Morgan fingerprint density at radius 3 is 2.64 bits per heavy atom. The van der Waals surface area contributed by atoms with Gasteiger partial charge >= 0.3 is 0 Å². The summed E-state index contributed by atoms with van der Waals surface area (Å²) in [5.41, 5.74) is 4.68. The van der Waals surface area contributed by atoms with Crippen molar-refractivity contribution < 1.29 is 4.79 Å². The minimum absolute atomic E-state index is 0.0516. The van der Waals surface area contributed by atoms with Gasteiger partial charge in [0.25, 0.3) is 0 Å². The molecular formula is C19H19N3OS2. The molecule has 0 atom stereocenters. The summed E-state index contributed by atoms with van der Waals surface area (Å²) >= 11 is 2.98. The number of hydrogen-bond acceptors (Lipinski definition) is 5. The van der Waals surface area contributed by atoms with Crippen molar-refractivity contribution in [1.82, 2.24) is 10.2 Å². The van der Waals surface area contributed by atoms with Crippen LogP contribution in [0.15, 0.2) is 48.5 Å². The van der Waals surface area contributed by atoms with E-state index in [4.69, 9.17) is 0 Å². The van der Waals surface area contributed by atoms with Crippen LogP contribution < -0.4 is 5.32 Å². The number of nitrogens with one attached hydrogen (secondary N) is 1. The summed E-state index contributed by atoms with van der Waals surface area (Å²) in [5.74, 6) is 1.16. The molecule has 0 aliphatic heterocycles. The number of rotatable bonds is 6. The Morgan fingerprint density at radius 2 is 1.88 bits per heavy atom. The third-order valence-electron chi connectivity index (χ3n) is 3.55. The molecule has 2 aromatic carbocycles. The Hall–Kier alpha value is -2.18. The normalized spacial score (nSPS) is 10.6. The standard InChI is InChI=1S/C19H19N3OS2/c1-13-6-8-16(9-7-13)18-21-22-19(25-18)20-17(23)12-24-11-15-5-3-4-14(2)10-15/h3-10H,11-12H2,1-2H3,(H,20,22,23). The monoisotopic (exact) mass is 369 g/mol. The summed E-state index contributed by atoms with van der Waals surface area (Å²) in [4.78, 5) is 12.1. The molecule has 3 aromatic rings. The van der Waals surface area contributed by atoms with E-state index in [2.05, 4.69) is 40.6 Å². The number of anilines is 1. The highest BCUT2D eigenvalue weighted by molar-refractivity contribution is 7.99. The van der Waals surface area contributed by atoms with Gasteiger partial charge in [-0.3, -0.25) is 10.1 Å². The summed E-state index contributed by atoms with van der Waals surface area (Å²) in [6, 6.07) is 16.4. The maximum Gasteiger partial charge on any atom is 0.236 e. The van der Waals surface area contributed by atoms with Gasteiger partial charge in [0.15, 0.2) is 0 Å². The number of thioether (sulfide) groups is 1. The van der Waals surface area contributed by atoms with Crippen molar-refractivity contribution in [2.24, 2.45) is 0 Å². The average molecular weight is 370 g/mol. The summed E-state index contributed by atoms with van der Waals surface area (Å²) in [6.45, 7) is 4.12. The van der Waals surface area contributed by atoms with E-state index in [1.165, 1.54) is 28.0 Å². The molecule has 0 spiro atoms. The topological polar surface area (TPSA) is 54.9 Å². The lowest BCUT2D eigenvalue weighted by Gasteiger charge is -2.03. The molecule has 0 aliphatic rings. The summed E-state index contributed by atoms with van der Waals surface area (Å²) < 4.78 is 0. The van der Waals surface area contributed by atoms with Crippen LogP contribution in [0.4, 0.5) is 5.13 Å². The van der Waals surface area contributed by atoms with E-state index in [0.717, 1.165) is 16.3 Å². The van der Waals surface area contributed by atoms with Gasteiger partial charge < -0.3 is 0 Å². The van der Waals surface area contributed by atoms with Gasteiger partial charge in [0.2, 0.25) is 11.0 Å². The SMILES string of the molecule is Cc1ccc(-c2nnc(NC(=O)CSCc3cccc(C)c3)s2)cc1. The number of carbonyl (C=O) groups excluding carboxylic acids is 1. The van der Waals surface area contributed by atoms with Gasteiger partial charge in [0.05, 0.1) is 5.75 Å². The maximum atomic E-state index is 12.1. The van der Waals surface area contributed by atoms with Crippen LogP contribution >= 0.6 is 23.1 Å². The quantitative estimate of drug-likeness (QED) is 0.685. The highest BCUT2D eigenvalue weighted by Gasteiger charge is 2.10. The molecule has 0 saturated heterocycles. The largest absolute Gasteiger partial charge is 0.300 e. The maximum absolute atomic E-state index is 12.1. The summed E-state index contributed by atoms with van der Waals surface area (Å²) in [6.07, 6.45) is 0. The number of nitrogens with zero attached hydrogens (tertiary/aromatic N) is 2. The first kappa shape index (κ1) is 17.6. The van der Waals surface area contributed by atoms with Gasteiger partial charge in [0.1, 0.15) is 5.01 Å². The predicted molar refractivity (Wildman–Crippen MR) is 106 cm³/mol. The first-order valence-electron chi connectivity index (χ1n) is 7.94. The molecule has 0 bridgehead atoms. The van der Waals surface area contributed by atoms with Crippen molar-refractivity contribution in [2.45, 2.75) is 19.6 Å². The summed E-state index contributed by atoms with van der Waals surface area (Å²) in [7, 11) is 0. The lowest BCUT2D eigenvalue weighted by molar-refractivity contribution is -0.113. The molecule has 1 heterocycles. The van der Waals surface area contributed by atoms with E-state index in [1.54, 1.807) is 11.8 Å². The molecule has 1 aromatic heterocycles. The second-order valence-corrected chi connectivity index (χ2v) is 7.77. The number of benzene rings is 2. The number of amides is 1. The molecular weight excluding hydrogens is 350 g/mol. The third kappa shape index (κ3) is 5.14. The molecule has 0 fully saturated rings. The van der Waals surface area contributed by atoms with Crippen molar-refractivity contribution in [2.75, 3.05) is 11.1 Å². The molecule has 6 heteroatoms. The fourth-order valence-electron chi connectivity index (χ4n) is 2.31. The minimum atomic E-state index is -0.0516. The highest BCUT2D eigenvalue weighted by atomic mass is 32.2. The average Bonchev–Trinajstić information content (AvgIpc) is 3.04. The lowest BCUT2D eigenvalue weighted by atomic mass is 10.2. The Morgan fingerprint density at radius 1 is 1.08 bits per heavy atom. The Bertz CT molecular complexity index is 859. The molecule has 4 nitrogen and oxygen atoms in total. The minimum Gasteiger partial charge on any atom is -0.300 e. The highest BCUT2D eigenvalue weighted by Crippen LogP contribution is 2.26. The van der Waals surface area contributed by atoms with Crippen LogP contribution in [-0.2, 0) is 10.5 Å². The van der Waals surface area contributed by atoms with E-state index in [0.29, 0.717) is 10.9 Å². The van der Waals surface area contributed by atoms with Crippen LogP contribution in [-0.4, -0.2) is 21.9 Å². The Kier molecular flexibility index (Phi) is 5.83. The van der Waals surface area contributed by atoms with Crippen LogP contribution in [0.2, 0.25) is 0 Å². The van der Waals surface area contributed by atoms with Crippen molar-refractivity contribution in [3.63, 3.8) is 0 Å². The van der Waals surface area contributed by atoms with E-state index in [-0.39, 0.29) is 5.91 Å². The molecule has 0 unspecified atom stereocenters. The predicted octanol–water partition coefficient (Wildman–Crippen LogP) is 4.69. The molecule has 1 N–H and O–H groups in total. The zero-order valence-electron chi connectivity index (χ0n) is 14.2. The molecule has 1 amide bonds.